The van der Waals surface area contributed by atoms with Crippen molar-refractivity contribution in [3.8, 4) is 11.5 Å². The van der Waals surface area contributed by atoms with E-state index >= 15 is 0 Å². The minimum absolute atomic E-state index is 0. The zero-order valence-corrected chi connectivity index (χ0v) is 21.1. The van der Waals surface area contributed by atoms with Gasteiger partial charge in [0.25, 0.3) is 5.91 Å². The molecular weight excluding hydrogens is 519 g/mol. The van der Waals surface area contributed by atoms with Gasteiger partial charge in [0, 0.05) is 35.0 Å². The van der Waals surface area contributed by atoms with Gasteiger partial charge < -0.3 is 16.2 Å². The van der Waals surface area contributed by atoms with Crippen LogP contribution in [0.15, 0.2) is 76.7 Å². The van der Waals surface area contributed by atoms with Crippen molar-refractivity contribution in [2.45, 2.75) is 11.3 Å². The average molecular weight is 541 g/mol. The number of benzene rings is 2. The molecule has 3 aromatic rings. The Kier molecular flexibility index (Phi) is 10.6. The predicted octanol–water partition coefficient (Wildman–Crippen LogP) is 3.50. The molecule has 0 bridgehead atoms. The number of ether oxygens (including phenoxy) is 1. The van der Waals surface area contributed by atoms with Crippen molar-refractivity contribution in [1.29, 1.82) is 0 Å². The summed E-state index contributed by atoms with van der Waals surface area (Å²) in [4.78, 5) is 20.3. The topological polar surface area (TPSA) is 138 Å². The summed E-state index contributed by atoms with van der Waals surface area (Å²) in [6, 6.07) is 16.5. The normalized spacial score (nSPS) is 10.3. The summed E-state index contributed by atoms with van der Waals surface area (Å²) in [6.07, 6.45) is 3.26. The zero-order chi connectivity index (χ0) is 23.3. The Balaban J connectivity index is 0.00000289. The highest BCUT2D eigenvalue weighted by Gasteiger charge is 2.19. The molecule has 8 nitrogen and oxygen atoms in total. The Hall–Kier alpha value is -3.05. The molecule has 0 atom stereocenters. The number of thiocarbonyl (C=S) groups is 1. The molecule has 0 saturated carbocycles. The molecule has 0 radical (unpaired) electrons. The van der Waals surface area contributed by atoms with Gasteiger partial charge in [-0.05, 0) is 48.0 Å². The molecule has 0 aliphatic rings. The van der Waals surface area contributed by atoms with Crippen molar-refractivity contribution < 1.29 is 17.9 Å². The minimum atomic E-state index is -3.71. The lowest BCUT2D eigenvalue weighted by Crippen LogP contribution is -2.24. The molecule has 1 aromatic heterocycles. The molecule has 0 saturated heterocycles. The summed E-state index contributed by atoms with van der Waals surface area (Å²) in [6.45, 7) is 0. The van der Waals surface area contributed by atoms with E-state index in [9.17, 15) is 13.2 Å². The van der Waals surface area contributed by atoms with E-state index in [1.54, 1.807) is 30.5 Å². The maximum atomic E-state index is 12.3. The molecule has 3 rings (SSSR count). The number of aromatic nitrogens is 1. The van der Waals surface area contributed by atoms with E-state index < -0.39 is 21.7 Å². The van der Waals surface area contributed by atoms with Crippen LogP contribution in [0.5, 0.6) is 11.5 Å². The summed E-state index contributed by atoms with van der Waals surface area (Å²) >= 11 is 5.49. The number of carbonyl (C=O) groups excluding carboxylic acids is 1. The predicted molar refractivity (Wildman–Crippen MR) is 140 cm³/mol. The third-order valence-corrected chi connectivity index (χ3v) is 5.79. The summed E-state index contributed by atoms with van der Waals surface area (Å²) < 4.78 is 30.3. The van der Waals surface area contributed by atoms with E-state index in [2.05, 4.69) is 9.98 Å². The van der Waals surface area contributed by atoms with E-state index in [1.165, 1.54) is 18.2 Å². The van der Waals surface area contributed by atoms with Gasteiger partial charge in [-0.25, -0.2) is 8.42 Å². The van der Waals surface area contributed by atoms with E-state index in [-0.39, 0.29) is 41.0 Å². The Morgan fingerprint density at radius 2 is 1.68 bits per heavy atom. The molecule has 180 valence electrons. The first-order valence-electron chi connectivity index (χ1n) is 9.32. The van der Waals surface area contributed by atoms with Gasteiger partial charge in [-0.2, -0.15) is 4.99 Å². The van der Waals surface area contributed by atoms with E-state index in [0.29, 0.717) is 12.2 Å². The molecule has 0 aliphatic carbocycles. The molecule has 0 unspecified atom stereocenters. The van der Waals surface area contributed by atoms with Crippen LogP contribution in [0.2, 0.25) is 0 Å². The van der Waals surface area contributed by atoms with Crippen LogP contribution in [0.4, 0.5) is 0 Å². The minimum Gasteiger partial charge on any atom is -0.456 e. The number of rotatable bonds is 7. The molecule has 1 heterocycles. The summed E-state index contributed by atoms with van der Waals surface area (Å²) in [5, 5.41) is 0. The highest BCUT2D eigenvalue weighted by molar-refractivity contribution is 7.90. The van der Waals surface area contributed by atoms with Gasteiger partial charge in [-0.15, -0.1) is 24.8 Å². The molecule has 0 spiro atoms. The van der Waals surface area contributed by atoms with Crippen molar-refractivity contribution in [2.75, 3.05) is 6.26 Å². The second-order valence-electron chi connectivity index (χ2n) is 6.82. The van der Waals surface area contributed by atoms with Crippen LogP contribution < -0.4 is 16.2 Å². The lowest BCUT2D eigenvalue weighted by Gasteiger charge is -2.12. The number of pyridine rings is 1. The second-order valence-corrected chi connectivity index (χ2v) is 9.30. The third-order valence-electron chi connectivity index (χ3n) is 4.29. The monoisotopic (exact) mass is 540 g/mol. The standard InChI is InChI=1S/C22H20N4O4S2.2ClH/c1-32(28,29)20-12-15(21(27)26-22(23)24)7-10-18(20)30-17-8-5-14(6-9-17)19(31)13-16-4-2-3-11-25-16;;/h2-12H,13H2,1H3,(H4,23,24,26,27);2*1H. The number of hydrogen-bond donors (Lipinski definition) is 2. The molecule has 4 N–H and O–H groups in total. The first-order chi connectivity index (χ1) is 15.1. The van der Waals surface area contributed by atoms with Crippen molar-refractivity contribution in [3.05, 3.63) is 83.7 Å². The Morgan fingerprint density at radius 1 is 1.03 bits per heavy atom. The molecule has 12 heteroatoms. The fourth-order valence-corrected chi connectivity index (χ4v) is 3.90. The second kappa shape index (κ2) is 12.4. The van der Waals surface area contributed by atoms with Gasteiger partial charge >= 0.3 is 0 Å². The molecule has 0 aliphatic heterocycles. The van der Waals surface area contributed by atoms with Crippen LogP contribution in [-0.4, -0.2) is 36.4 Å². The number of aliphatic imine (C=N–C) groups is 1. The smallest absolute Gasteiger partial charge is 0.280 e. The van der Waals surface area contributed by atoms with Crippen molar-refractivity contribution >= 4 is 63.6 Å². The summed E-state index contributed by atoms with van der Waals surface area (Å²) in [5.41, 5.74) is 12.1. The number of hydrogen-bond acceptors (Lipinski definition) is 6. The van der Waals surface area contributed by atoms with Crippen molar-refractivity contribution in [1.82, 2.24) is 4.98 Å². The molecule has 2 aromatic carbocycles. The average Bonchev–Trinajstić information content (AvgIpc) is 2.74. The number of amides is 1. The first kappa shape index (κ1) is 29.0. The van der Waals surface area contributed by atoms with E-state index in [1.807, 2.05) is 18.2 Å². The SMILES string of the molecule is CS(=O)(=O)c1cc(C(=O)N=C(N)N)ccc1Oc1ccc(C(=S)Cc2ccccn2)cc1.Cl.Cl. The van der Waals surface area contributed by atoms with Crippen LogP contribution in [0, 0.1) is 0 Å². The fourth-order valence-electron chi connectivity index (χ4n) is 2.80. The van der Waals surface area contributed by atoms with Crippen LogP contribution >= 0.6 is 37.0 Å². The van der Waals surface area contributed by atoms with Gasteiger partial charge in [0.05, 0.1) is 0 Å². The summed E-state index contributed by atoms with van der Waals surface area (Å²) in [7, 11) is -3.71. The highest BCUT2D eigenvalue weighted by Crippen LogP contribution is 2.30. The lowest BCUT2D eigenvalue weighted by molar-refractivity contribution is 0.100. The number of nitrogens with zero attached hydrogens (tertiary/aromatic N) is 2. The molecule has 0 fully saturated rings. The van der Waals surface area contributed by atoms with E-state index in [0.717, 1.165) is 22.4 Å². The quantitative estimate of drug-likeness (QED) is 0.201. The Bertz CT molecular complexity index is 1300. The summed E-state index contributed by atoms with van der Waals surface area (Å²) in [5.74, 6) is -0.704. The van der Waals surface area contributed by atoms with Crippen LogP contribution in [0.3, 0.4) is 0 Å². The molecule has 1 amide bonds. The Labute approximate surface area is 215 Å². The lowest BCUT2D eigenvalue weighted by atomic mass is 10.1. The van der Waals surface area contributed by atoms with Crippen molar-refractivity contribution in [3.63, 3.8) is 0 Å². The van der Waals surface area contributed by atoms with Gasteiger partial charge in [0.1, 0.15) is 16.4 Å². The zero-order valence-electron chi connectivity index (χ0n) is 17.9. The Morgan fingerprint density at radius 3 is 2.24 bits per heavy atom. The number of halogens is 2. The van der Waals surface area contributed by atoms with E-state index in [4.69, 9.17) is 28.4 Å². The number of sulfone groups is 1. The highest BCUT2D eigenvalue weighted by atomic mass is 35.5. The maximum absolute atomic E-state index is 12.3. The van der Waals surface area contributed by atoms with Gasteiger partial charge in [0.2, 0.25) is 0 Å². The van der Waals surface area contributed by atoms with Crippen molar-refractivity contribution in [2.24, 2.45) is 16.5 Å². The van der Waals surface area contributed by atoms with Gasteiger partial charge in [-0.1, -0.05) is 30.4 Å². The third kappa shape index (κ3) is 7.77. The number of guanidine groups is 1. The van der Waals surface area contributed by atoms with Gasteiger partial charge in [0.15, 0.2) is 15.8 Å². The largest absolute Gasteiger partial charge is 0.456 e. The van der Waals surface area contributed by atoms with Crippen LogP contribution in [0.1, 0.15) is 21.6 Å². The fraction of sp³-hybridized carbons (Fsp3) is 0.0909. The maximum Gasteiger partial charge on any atom is 0.280 e. The van der Waals surface area contributed by atoms with Crippen LogP contribution in [0.25, 0.3) is 0 Å². The number of carbonyl (C=O) groups is 1. The number of nitrogens with two attached hydrogens (primary N) is 2. The van der Waals surface area contributed by atoms with Gasteiger partial charge in [-0.3, -0.25) is 9.78 Å². The molecular formula is C22H22Cl2N4O4S2. The van der Waals surface area contributed by atoms with Crippen LogP contribution in [-0.2, 0) is 16.3 Å². The molecule has 34 heavy (non-hydrogen) atoms. The first-order valence-corrected chi connectivity index (χ1v) is 11.6.